The van der Waals surface area contributed by atoms with Crippen molar-refractivity contribution in [2.75, 3.05) is 17.2 Å². The van der Waals surface area contributed by atoms with Gasteiger partial charge in [-0.05, 0) is 18.2 Å². The molecule has 7 heteroatoms. The first-order valence-corrected chi connectivity index (χ1v) is 7.00. The van der Waals surface area contributed by atoms with Crippen LogP contribution >= 0.6 is 23.4 Å². The van der Waals surface area contributed by atoms with E-state index < -0.39 is 0 Å². The van der Waals surface area contributed by atoms with Crippen molar-refractivity contribution in [1.82, 2.24) is 0 Å². The first-order chi connectivity index (χ1) is 8.63. The maximum absolute atomic E-state index is 12.1. The van der Waals surface area contributed by atoms with Gasteiger partial charge in [-0.15, -0.1) is 11.8 Å². The highest BCUT2D eigenvalue weighted by Crippen LogP contribution is 2.30. The third-order valence-corrected chi connectivity index (χ3v) is 4.09. The lowest BCUT2D eigenvalue weighted by molar-refractivity contribution is -0.121. The van der Waals surface area contributed by atoms with Gasteiger partial charge in [0.05, 0.1) is 10.9 Å². The van der Waals surface area contributed by atoms with Crippen LogP contribution in [0.4, 0.5) is 5.69 Å². The molecule has 104 valence electrons. The second-order valence-electron chi connectivity index (χ2n) is 3.90. The molecule has 1 saturated heterocycles. The molecule has 19 heavy (non-hydrogen) atoms. The minimum atomic E-state index is -0.319. The smallest absolute Gasteiger partial charge is 0.247 e. The highest BCUT2D eigenvalue weighted by molar-refractivity contribution is 8.00. The lowest BCUT2D eigenvalue weighted by Gasteiger charge is -2.14. The van der Waals surface area contributed by atoms with E-state index in [9.17, 15) is 9.59 Å². The Hall–Kier alpha value is -0.750. The van der Waals surface area contributed by atoms with Crippen LogP contribution in [0.3, 0.4) is 0 Å². The molecular weight excluding hydrogens is 307 g/mol. The average molecular weight is 320 g/mol. The number of rotatable bonds is 4. The summed E-state index contributed by atoms with van der Waals surface area (Å²) >= 11 is 7.30. The maximum Gasteiger partial charge on any atom is 0.247 e. The molecule has 1 aromatic rings. The van der Waals surface area contributed by atoms with Crippen LogP contribution in [0.2, 0.25) is 5.02 Å². The zero-order chi connectivity index (χ0) is 13.1. The monoisotopic (exact) mass is 319 g/mol. The molecule has 1 heterocycles. The molecular formula is C12H13Cl2N2O2S-. The molecule has 0 spiro atoms. The van der Waals surface area contributed by atoms with Gasteiger partial charge in [-0.3, -0.25) is 9.59 Å². The SMILES string of the molecule is NCCSC1CC(=O)N(c2cccc(Cl)c2)C1=O.[Cl-]. The number of imide groups is 1. The fourth-order valence-corrected chi connectivity index (χ4v) is 2.94. The molecule has 0 radical (unpaired) electrons. The Kier molecular flexibility index (Phi) is 6.13. The lowest BCUT2D eigenvalue weighted by Crippen LogP contribution is -3.00. The second kappa shape index (κ2) is 7.14. The summed E-state index contributed by atoms with van der Waals surface area (Å²) in [5.74, 6) is 0.310. The number of anilines is 1. The van der Waals surface area contributed by atoms with Gasteiger partial charge in [0.15, 0.2) is 0 Å². The van der Waals surface area contributed by atoms with Crippen molar-refractivity contribution in [1.29, 1.82) is 0 Å². The normalized spacial score (nSPS) is 18.6. The van der Waals surface area contributed by atoms with Gasteiger partial charge in [-0.2, -0.15) is 0 Å². The number of benzene rings is 1. The van der Waals surface area contributed by atoms with Gasteiger partial charge in [0.2, 0.25) is 11.8 Å². The Bertz CT molecular complexity index is 485. The summed E-state index contributed by atoms with van der Waals surface area (Å²) < 4.78 is 0. The molecule has 0 saturated carbocycles. The molecule has 4 nitrogen and oxygen atoms in total. The van der Waals surface area contributed by atoms with Crippen LogP contribution in [0, 0.1) is 0 Å². The van der Waals surface area contributed by atoms with E-state index in [2.05, 4.69) is 0 Å². The van der Waals surface area contributed by atoms with E-state index in [1.54, 1.807) is 24.3 Å². The fraction of sp³-hybridized carbons (Fsp3) is 0.333. The topological polar surface area (TPSA) is 63.4 Å². The van der Waals surface area contributed by atoms with E-state index in [-0.39, 0.29) is 35.9 Å². The predicted octanol–water partition coefficient (Wildman–Crippen LogP) is -1.33. The summed E-state index contributed by atoms with van der Waals surface area (Å²) in [5, 5.41) is 0.186. The van der Waals surface area contributed by atoms with Crippen molar-refractivity contribution in [3.63, 3.8) is 0 Å². The Morgan fingerprint density at radius 2 is 2.16 bits per heavy atom. The van der Waals surface area contributed by atoms with Crippen LogP contribution in [-0.4, -0.2) is 29.4 Å². The summed E-state index contributed by atoms with van der Waals surface area (Å²) in [6.45, 7) is 0.500. The van der Waals surface area contributed by atoms with Gasteiger partial charge in [-0.1, -0.05) is 17.7 Å². The molecule has 2 rings (SSSR count). The Labute approximate surface area is 127 Å². The molecule has 1 aromatic carbocycles. The number of nitrogens with zero attached hydrogens (tertiary/aromatic N) is 1. The van der Waals surface area contributed by atoms with Crippen LogP contribution in [0.1, 0.15) is 6.42 Å². The third kappa shape index (κ3) is 3.63. The lowest BCUT2D eigenvalue weighted by atomic mass is 10.3. The van der Waals surface area contributed by atoms with Crippen molar-refractivity contribution in [3.05, 3.63) is 29.3 Å². The zero-order valence-corrected chi connectivity index (χ0v) is 12.3. The Morgan fingerprint density at radius 1 is 1.42 bits per heavy atom. The highest BCUT2D eigenvalue weighted by Gasteiger charge is 2.39. The number of hydrogen-bond acceptors (Lipinski definition) is 4. The minimum absolute atomic E-state index is 0. The summed E-state index contributed by atoms with van der Waals surface area (Å²) in [5.41, 5.74) is 5.94. The number of carbonyl (C=O) groups excluding carboxylic acids is 2. The number of hydrogen-bond donors (Lipinski definition) is 1. The van der Waals surface area contributed by atoms with Gasteiger partial charge < -0.3 is 18.1 Å². The van der Waals surface area contributed by atoms with Gasteiger partial charge >= 0.3 is 0 Å². The van der Waals surface area contributed by atoms with E-state index in [4.69, 9.17) is 17.3 Å². The summed E-state index contributed by atoms with van der Waals surface area (Å²) in [7, 11) is 0. The Balaban J connectivity index is 0.00000180. The molecule has 1 atom stereocenters. The maximum atomic E-state index is 12.1. The average Bonchev–Trinajstić information content (AvgIpc) is 2.62. The van der Waals surface area contributed by atoms with Gasteiger partial charge in [-0.25, -0.2) is 4.90 Å². The summed E-state index contributed by atoms with van der Waals surface area (Å²) in [6.07, 6.45) is 0.232. The minimum Gasteiger partial charge on any atom is -1.00 e. The highest BCUT2D eigenvalue weighted by atomic mass is 35.5. The predicted molar refractivity (Wildman–Crippen MR) is 73.9 cm³/mol. The molecule has 0 aliphatic carbocycles. The van der Waals surface area contributed by atoms with Gasteiger partial charge in [0, 0.05) is 23.7 Å². The van der Waals surface area contributed by atoms with Crippen LogP contribution in [-0.2, 0) is 9.59 Å². The van der Waals surface area contributed by atoms with E-state index >= 15 is 0 Å². The molecule has 2 amide bonds. The molecule has 1 aliphatic rings. The van der Waals surface area contributed by atoms with Crippen molar-refractivity contribution in [3.8, 4) is 0 Å². The number of nitrogens with two attached hydrogens (primary N) is 1. The zero-order valence-electron chi connectivity index (χ0n) is 10.0. The van der Waals surface area contributed by atoms with Crippen LogP contribution in [0.5, 0.6) is 0 Å². The molecule has 0 bridgehead atoms. The van der Waals surface area contributed by atoms with Crippen LogP contribution < -0.4 is 23.0 Å². The third-order valence-electron chi connectivity index (χ3n) is 2.61. The number of halogens is 2. The van der Waals surface area contributed by atoms with E-state index in [0.29, 0.717) is 23.0 Å². The molecule has 1 aliphatic heterocycles. The van der Waals surface area contributed by atoms with Gasteiger partial charge in [0.1, 0.15) is 0 Å². The number of carbonyl (C=O) groups is 2. The number of amides is 2. The van der Waals surface area contributed by atoms with Gasteiger partial charge in [0.25, 0.3) is 0 Å². The molecule has 1 unspecified atom stereocenters. The quantitative estimate of drug-likeness (QED) is 0.698. The number of thioether (sulfide) groups is 1. The Morgan fingerprint density at radius 3 is 2.79 bits per heavy atom. The van der Waals surface area contributed by atoms with Crippen molar-refractivity contribution >= 4 is 40.9 Å². The van der Waals surface area contributed by atoms with Crippen LogP contribution in [0.25, 0.3) is 0 Å². The summed E-state index contributed by atoms with van der Waals surface area (Å²) in [6, 6.07) is 6.75. The standard InChI is InChI=1S/C12H13ClN2O2S.ClH/c13-8-2-1-3-9(6-8)15-11(16)7-10(12(15)17)18-5-4-14;/h1-3,6,10H,4-5,7,14H2;1H/p-1. The largest absolute Gasteiger partial charge is 1.00 e. The fourth-order valence-electron chi connectivity index (χ4n) is 1.83. The van der Waals surface area contributed by atoms with E-state index in [0.717, 1.165) is 0 Å². The van der Waals surface area contributed by atoms with Crippen molar-refractivity contribution in [2.45, 2.75) is 11.7 Å². The molecule has 0 aromatic heterocycles. The van der Waals surface area contributed by atoms with Crippen LogP contribution in [0.15, 0.2) is 24.3 Å². The van der Waals surface area contributed by atoms with E-state index in [1.807, 2.05) is 0 Å². The summed E-state index contributed by atoms with van der Waals surface area (Å²) in [4.78, 5) is 25.2. The first kappa shape index (κ1) is 16.3. The molecule has 1 fully saturated rings. The first-order valence-electron chi connectivity index (χ1n) is 5.57. The van der Waals surface area contributed by atoms with Crippen molar-refractivity contribution < 1.29 is 22.0 Å². The van der Waals surface area contributed by atoms with E-state index in [1.165, 1.54) is 16.7 Å². The van der Waals surface area contributed by atoms with Crippen molar-refractivity contribution in [2.24, 2.45) is 5.73 Å². The molecule has 2 N–H and O–H groups in total. The second-order valence-corrected chi connectivity index (χ2v) is 5.65.